The van der Waals surface area contributed by atoms with Gasteiger partial charge < -0.3 is 9.15 Å². The average molecular weight is 319 g/mol. The Morgan fingerprint density at radius 1 is 1.29 bits per heavy atom. The fraction of sp³-hybridized carbons (Fsp3) is 0.214. The minimum Gasteiger partial charge on any atom is -0.460 e. The second-order valence-electron chi connectivity index (χ2n) is 4.08. The van der Waals surface area contributed by atoms with Crippen LogP contribution in [0.15, 0.2) is 34.7 Å². The van der Waals surface area contributed by atoms with Crippen molar-refractivity contribution in [2.24, 2.45) is 0 Å². The summed E-state index contributed by atoms with van der Waals surface area (Å²) in [6, 6.07) is 5.72. The van der Waals surface area contributed by atoms with Gasteiger partial charge in [-0.05, 0) is 37.3 Å². The highest BCUT2D eigenvalue weighted by molar-refractivity contribution is 6.33. The Hall–Kier alpha value is -1.95. The molecule has 0 atom stereocenters. The Labute approximate surface area is 123 Å². The fourth-order valence-corrected chi connectivity index (χ4v) is 1.96. The van der Waals surface area contributed by atoms with E-state index in [9.17, 15) is 18.0 Å². The zero-order valence-corrected chi connectivity index (χ0v) is 11.6. The average Bonchev–Trinajstić information content (AvgIpc) is 2.87. The van der Waals surface area contributed by atoms with Gasteiger partial charge in [-0.1, -0.05) is 11.6 Å². The standard InChI is InChI=1S/C14H10ClF3O3/c1-2-20-13(19)12-6-5-11(21-12)9-4-3-8(7-10(9)15)14(16,17)18/h3-7H,2H2,1H3. The van der Waals surface area contributed by atoms with Gasteiger partial charge in [-0.2, -0.15) is 13.2 Å². The highest BCUT2D eigenvalue weighted by atomic mass is 35.5. The number of benzene rings is 1. The number of esters is 1. The van der Waals surface area contributed by atoms with Crippen molar-refractivity contribution >= 4 is 17.6 Å². The van der Waals surface area contributed by atoms with E-state index in [2.05, 4.69) is 0 Å². The first-order valence-electron chi connectivity index (χ1n) is 5.97. The van der Waals surface area contributed by atoms with E-state index < -0.39 is 17.7 Å². The third kappa shape index (κ3) is 3.39. The van der Waals surface area contributed by atoms with E-state index in [0.717, 1.165) is 12.1 Å². The van der Waals surface area contributed by atoms with E-state index in [1.807, 2.05) is 0 Å². The molecule has 0 saturated carbocycles. The summed E-state index contributed by atoms with van der Waals surface area (Å²) < 4.78 is 47.7. The largest absolute Gasteiger partial charge is 0.460 e. The molecule has 0 aliphatic carbocycles. The molecular formula is C14H10ClF3O3. The molecule has 0 fully saturated rings. The third-order valence-corrected chi connectivity index (χ3v) is 2.96. The summed E-state index contributed by atoms with van der Waals surface area (Å²) in [5.41, 5.74) is -0.589. The van der Waals surface area contributed by atoms with Crippen LogP contribution in [-0.2, 0) is 10.9 Å². The van der Waals surface area contributed by atoms with Gasteiger partial charge in [0.05, 0.1) is 17.2 Å². The van der Waals surface area contributed by atoms with Crippen molar-refractivity contribution in [1.82, 2.24) is 0 Å². The van der Waals surface area contributed by atoms with E-state index in [4.69, 9.17) is 20.8 Å². The molecule has 2 aromatic rings. The number of furan rings is 1. The summed E-state index contributed by atoms with van der Waals surface area (Å²) >= 11 is 5.84. The van der Waals surface area contributed by atoms with E-state index in [1.54, 1.807) is 6.92 Å². The Bertz CT molecular complexity index is 662. The molecule has 0 N–H and O–H groups in total. The second kappa shape index (κ2) is 5.81. The molecule has 0 aliphatic heterocycles. The van der Waals surface area contributed by atoms with Crippen molar-refractivity contribution in [3.05, 3.63) is 46.7 Å². The van der Waals surface area contributed by atoms with Crippen LogP contribution in [0, 0.1) is 0 Å². The number of ether oxygens (including phenoxy) is 1. The smallest absolute Gasteiger partial charge is 0.416 e. The number of carbonyl (C=O) groups is 1. The van der Waals surface area contributed by atoms with Crippen LogP contribution in [0.2, 0.25) is 5.02 Å². The summed E-state index contributed by atoms with van der Waals surface area (Å²) in [4.78, 5) is 11.5. The molecule has 0 amide bonds. The maximum absolute atomic E-state index is 12.6. The van der Waals surface area contributed by atoms with Crippen molar-refractivity contribution in [3.8, 4) is 11.3 Å². The van der Waals surface area contributed by atoms with Crippen molar-refractivity contribution < 1.29 is 27.1 Å². The molecule has 2 rings (SSSR count). The Morgan fingerprint density at radius 2 is 2.00 bits per heavy atom. The monoisotopic (exact) mass is 318 g/mol. The molecule has 1 aromatic carbocycles. The van der Waals surface area contributed by atoms with Crippen LogP contribution in [0.25, 0.3) is 11.3 Å². The molecule has 7 heteroatoms. The third-order valence-electron chi connectivity index (χ3n) is 2.64. The number of rotatable bonds is 3. The van der Waals surface area contributed by atoms with Gasteiger partial charge in [-0.3, -0.25) is 0 Å². The number of carbonyl (C=O) groups excluding carboxylic acids is 1. The van der Waals surface area contributed by atoms with Crippen LogP contribution >= 0.6 is 11.6 Å². The van der Waals surface area contributed by atoms with Crippen LogP contribution in [0.3, 0.4) is 0 Å². The van der Waals surface area contributed by atoms with Crippen molar-refractivity contribution in [2.75, 3.05) is 6.61 Å². The maximum Gasteiger partial charge on any atom is 0.416 e. The normalized spacial score (nSPS) is 11.5. The van der Waals surface area contributed by atoms with E-state index >= 15 is 0 Å². The van der Waals surface area contributed by atoms with Crippen LogP contribution in [0.4, 0.5) is 13.2 Å². The molecule has 0 aliphatic rings. The molecule has 1 aromatic heterocycles. The van der Waals surface area contributed by atoms with Crippen LogP contribution in [-0.4, -0.2) is 12.6 Å². The predicted molar refractivity (Wildman–Crippen MR) is 70.1 cm³/mol. The van der Waals surface area contributed by atoms with Gasteiger partial charge >= 0.3 is 12.1 Å². The second-order valence-corrected chi connectivity index (χ2v) is 4.48. The van der Waals surface area contributed by atoms with Crippen LogP contribution < -0.4 is 0 Å². The molecule has 0 radical (unpaired) electrons. The molecule has 0 saturated heterocycles. The minimum atomic E-state index is -4.47. The topological polar surface area (TPSA) is 39.4 Å². The molecule has 0 unspecified atom stereocenters. The molecule has 0 spiro atoms. The summed E-state index contributed by atoms with van der Waals surface area (Å²) in [7, 11) is 0. The summed E-state index contributed by atoms with van der Waals surface area (Å²) in [6.07, 6.45) is -4.47. The van der Waals surface area contributed by atoms with E-state index in [1.165, 1.54) is 18.2 Å². The summed E-state index contributed by atoms with van der Waals surface area (Å²) in [5, 5.41) is -0.116. The molecule has 3 nitrogen and oxygen atoms in total. The molecular weight excluding hydrogens is 309 g/mol. The van der Waals surface area contributed by atoms with Gasteiger partial charge in [0.25, 0.3) is 0 Å². The molecule has 112 valence electrons. The lowest BCUT2D eigenvalue weighted by Crippen LogP contribution is -2.04. The lowest BCUT2D eigenvalue weighted by Gasteiger charge is -2.08. The van der Waals surface area contributed by atoms with E-state index in [0.29, 0.717) is 0 Å². The zero-order chi connectivity index (χ0) is 15.6. The van der Waals surface area contributed by atoms with Gasteiger partial charge in [0.1, 0.15) is 5.76 Å². The van der Waals surface area contributed by atoms with E-state index in [-0.39, 0.29) is 28.7 Å². The molecule has 1 heterocycles. The van der Waals surface area contributed by atoms with Gasteiger partial charge in [0, 0.05) is 5.56 Å². The van der Waals surface area contributed by atoms with Crippen LogP contribution in [0.1, 0.15) is 23.0 Å². The van der Waals surface area contributed by atoms with Crippen molar-refractivity contribution in [1.29, 1.82) is 0 Å². The lowest BCUT2D eigenvalue weighted by molar-refractivity contribution is -0.137. The zero-order valence-electron chi connectivity index (χ0n) is 10.8. The first-order chi connectivity index (χ1) is 9.82. The van der Waals surface area contributed by atoms with Gasteiger partial charge in [-0.25, -0.2) is 4.79 Å². The minimum absolute atomic E-state index is 0.0391. The molecule has 0 bridgehead atoms. The fourth-order valence-electron chi connectivity index (χ4n) is 1.69. The highest BCUT2D eigenvalue weighted by Crippen LogP contribution is 2.36. The summed E-state index contributed by atoms with van der Waals surface area (Å²) in [5.74, 6) is -0.494. The van der Waals surface area contributed by atoms with Crippen molar-refractivity contribution in [3.63, 3.8) is 0 Å². The van der Waals surface area contributed by atoms with Crippen LogP contribution in [0.5, 0.6) is 0 Å². The summed E-state index contributed by atoms with van der Waals surface area (Å²) in [6.45, 7) is 1.84. The quantitative estimate of drug-likeness (QED) is 0.763. The van der Waals surface area contributed by atoms with Gasteiger partial charge in [0.15, 0.2) is 0 Å². The number of alkyl halides is 3. The first-order valence-corrected chi connectivity index (χ1v) is 6.34. The Morgan fingerprint density at radius 3 is 2.57 bits per heavy atom. The Kier molecular flexibility index (Phi) is 4.27. The lowest BCUT2D eigenvalue weighted by atomic mass is 10.1. The first kappa shape index (κ1) is 15.4. The Balaban J connectivity index is 2.33. The predicted octanol–water partition coefficient (Wildman–Crippen LogP) is 4.80. The molecule has 21 heavy (non-hydrogen) atoms. The van der Waals surface area contributed by atoms with Gasteiger partial charge in [0.2, 0.25) is 5.76 Å². The van der Waals surface area contributed by atoms with Crippen molar-refractivity contribution in [2.45, 2.75) is 13.1 Å². The number of halogens is 4. The van der Waals surface area contributed by atoms with Gasteiger partial charge in [-0.15, -0.1) is 0 Å². The number of hydrogen-bond acceptors (Lipinski definition) is 3. The highest BCUT2D eigenvalue weighted by Gasteiger charge is 2.31. The SMILES string of the molecule is CCOC(=O)c1ccc(-c2ccc(C(F)(F)F)cc2Cl)o1. The number of hydrogen-bond donors (Lipinski definition) is 0. The maximum atomic E-state index is 12.6.